The molecule has 2 N–H and O–H groups in total. The fourth-order valence-electron chi connectivity index (χ4n) is 3.76. The summed E-state index contributed by atoms with van der Waals surface area (Å²) in [6.07, 6.45) is 5.17. The molecule has 3 aromatic rings. The Morgan fingerprint density at radius 1 is 1.31 bits per heavy atom. The number of fused-ring (bicyclic) bond motifs is 5. The molecule has 0 fully saturated rings. The molecule has 1 aliphatic heterocycles. The van der Waals surface area contributed by atoms with Crippen molar-refractivity contribution in [2.75, 3.05) is 0 Å². The number of hydrogen-bond donors (Lipinski definition) is 2. The van der Waals surface area contributed by atoms with E-state index >= 15 is 0 Å². The molecular formula is C23H25NO2. The number of aliphatic hydroxyl groups excluding tert-OH is 1. The lowest BCUT2D eigenvalue weighted by Crippen LogP contribution is -2.33. The molecule has 1 aliphatic rings. The predicted octanol–water partition coefficient (Wildman–Crippen LogP) is 5.51. The van der Waals surface area contributed by atoms with E-state index in [0.717, 1.165) is 39.9 Å². The third-order valence-corrected chi connectivity index (χ3v) is 5.40. The van der Waals surface area contributed by atoms with Crippen LogP contribution in [0.15, 0.2) is 48.6 Å². The summed E-state index contributed by atoms with van der Waals surface area (Å²) in [5, 5.41) is 12.5. The highest BCUT2D eigenvalue weighted by Gasteiger charge is 2.30. The summed E-state index contributed by atoms with van der Waals surface area (Å²) >= 11 is 0. The zero-order valence-electron chi connectivity index (χ0n) is 15.6. The molecule has 3 heteroatoms. The molecule has 0 amide bonds. The fourth-order valence-corrected chi connectivity index (χ4v) is 3.76. The number of nitrogens with one attached hydrogen (secondary N) is 1. The third kappa shape index (κ3) is 2.73. The van der Waals surface area contributed by atoms with Crippen molar-refractivity contribution in [3.8, 4) is 5.75 Å². The smallest absolute Gasteiger partial charge is 0.132 e. The van der Waals surface area contributed by atoms with Gasteiger partial charge in [-0.25, -0.2) is 0 Å². The average molecular weight is 347 g/mol. The number of aromatic amines is 1. The summed E-state index contributed by atoms with van der Waals surface area (Å²) in [5.74, 6) is 0.930. The number of H-pyrrole nitrogens is 1. The van der Waals surface area contributed by atoms with Gasteiger partial charge in [0.1, 0.15) is 11.4 Å². The van der Waals surface area contributed by atoms with Gasteiger partial charge in [0, 0.05) is 21.9 Å². The highest BCUT2D eigenvalue weighted by atomic mass is 16.5. The lowest BCUT2D eigenvalue weighted by molar-refractivity contribution is 0.101. The monoisotopic (exact) mass is 347 g/mol. The van der Waals surface area contributed by atoms with E-state index in [1.54, 1.807) is 0 Å². The lowest BCUT2D eigenvalue weighted by atomic mass is 9.91. The topological polar surface area (TPSA) is 45.2 Å². The summed E-state index contributed by atoms with van der Waals surface area (Å²) < 4.78 is 6.44. The molecular weight excluding hydrogens is 322 g/mol. The Hall–Kier alpha value is -2.52. The van der Waals surface area contributed by atoms with Crippen molar-refractivity contribution in [2.24, 2.45) is 0 Å². The van der Waals surface area contributed by atoms with Gasteiger partial charge in [0.25, 0.3) is 0 Å². The minimum Gasteiger partial charge on any atom is -0.483 e. The molecule has 0 bridgehead atoms. The number of benzene rings is 2. The van der Waals surface area contributed by atoms with Gasteiger partial charge < -0.3 is 14.8 Å². The quantitative estimate of drug-likeness (QED) is 0.611. The van der Waals surface area contributed by atoms with Gasteiger partial charge in [-0.2, -0.15) is 0 Å². The van der Waals surface area contributed by atoms with Gasteiger partial charge in [0.15, 0.2) is 0 Å². The highest BCUT2D eigenvalue weighted by Crippen LogP contribution is 2.42. The molecule has 2 atom stereocenters. The largest absolute Gasteiger partial charge is 0.483 e. The molecule has 0 aliphatic carbocycles. The number of ether oxygens (including phenoxy) is 1. The maximum atomic E-state index is 10.1. The fraction of sp³-hybridized carbons (Fsp3) is 0.304. The van der Waals surface area contributed by atoms with Crippen LogP contribution in [0.25, 0.3) is 27.9 Å². The Bertz CT molecular complexity index is 1040. The van der Waals surface area contributed by atoms with Gasteiger partial charge in [-0.1, -0.05) is 30.4 Å². The summed E-state index contributed by atoms with van der Waals surface area (Å²) in [6.45, 7) is 9.87. The van der Waals surface area contributed by atoms with Crippen molar-refractivity contribution in [2.45, 2.75) is 45.3 Å². The lowest BCUT2D eigenvalue weighted by Gasteiger charge is -2.33. The molecule has 26 heavy (non-hydrogen) atoms. The second-order valence-corrected chi connectivity index (χ2v) is 7.68. The third-order valence-electron chi connectivity index (χ3n) is 5.40. The van der Waals surface area contributed by atoms with E-state index < -0.39 is 11.7 Å². The van der Waals surface area contributed by atoms with Crippen molar-refractivity contribution >= 4 is 27.9 Å². The first-order chi connectivity index (χ1) is 12.4. The standard InChI is InChI=1S/C23H25NO2/c1-14(2)20(25)10-12-23(4)11-9-17-21-18(13-15(3)22(17)26-23)16-7-5-6-8-19(16)24-21/h5-9,11,13,20,24-25H,1,10,12H2,2-4H3/t20-,23+/m1/s1. The van der Waals surface area contributed by atoms with E-state index in [-0.39, 0.29) is 0 Å². The number of aliphatic hydroxyl groups is 1. The van der Waals surface area contributed by atoms with Crippen LogP contribution in [-0.4, -0.2) is 21.8 Å². The average Bonchev–Trinajstić information content (AvgIpc) is 2.98. The second-order valence-electron chi connectivity index (χ2n) is 7.68. The molecule has 0 unspecified atom stereocenters. The Balaban J connectivity index is 1.75. The molecule has 134 valence electrons. The van der Waals surface area contributed by atoms with Crippen molar-refractivity contribution < 1.29 is 9.84 Å². The van der Waals surface area contributed by atoms with Gasteiger partial charge in [-0.15, -0.1) is 0 Å². The van der Waals surface area contributed by atoms with E-state index in [1.807, 2.05) is 13.0 Å². The molecule has 4 rings (SSSR count). The van der Waals surface area contributed by atoms with Gasteiger partial charge in [0.2, 0.25) is 0 Å². The zero-order chi connectivity index (χ0) is 18.5. The normalized spacial score (nSPS) is 20.2. The van der Waals surface area contributed by atoms with E-state index in [2.05, 4.69) is 61.8 Å². The van der Waals surface area contributed by atoms with Crippen LogP contribution in [0.3, 0.4) is 0 Å². The van der Waals surface area contributed by atoms with Gasteiger partial charge in [-0.3, -0.25) is 0 Å². The molecule has 0 saturated heterocycles. The molecule has 1 aromatic heterocycles. The first-order valence-corrected chi connectivity index (χ1v) is 9.14. The number of aromatic nitrogens is 1. The molecule has 2 aromatic carbocycles. The minimum atomic E-state index is -0.484. The van der Waals surface area contributed by atoms with Crippen LogP contribution in [0.4, 0.5) is 0 Å². The second kappa shape index (κ2) is 6.03. The molecule has 3 nitrogen and oxygen atoms in total. The van der Waals surface area contributed by atoms with Crippen LogP contribution < -0.4 is 4.74 Å². The van der Waals surface area contributed by atoms with E-state index in [9.17, 15) is 5.11 Å². The maximum Gasteiger partial charge on any atom is 0.132 e. The van der Waals surface area contributed by atoms with E-state index in [1.165, 1.54) is 10.8 Å². The van der Waals surface area contributed by atoms with Crippen LogP contribution in [0, 0.1) is 6.92 Å². The number of aryl methyl sites for hydroxylation is 1. The van der Waals surface area contributed by atoms with Crippen LogP contribution in [0.5, 0.6) is 5.75 Å². The van der Waals surface area contributed by atoms with Gasteiger partial charge >= 0.3 is 0 Å². The molecule has 0 spiro atoms. The Morgan fingerprint density at radius 2 is 2.08 bits per heavy atom. The highest BCUT2D eigenvalue weighted by molar-refractivity contribution is 6.11. The summed E-state index contributed by atoms with van der Waals surface area (Å²) in [5.41, 5.74) is 4.87. The number of rotatable bonds is 4. The predicted molar refractivity (Wildman–Crippen MR) is 109 cm³/mol. The number of hydrogen-bond acceptors (Lipinski definition) is 2. The first-order valence-electron chi connectivity index (χ1n) is 9.14. The number of para-hydroxylation sites is 1. The van der Waals surface area contributed by atoms with Crippen LogP contribution in [-0.2, 0) is 0 Å². The van der Waals surface area contributed by atoms with Crippen LogP contribution >= 0.6 is 0 Å². The van der Waals surface area contributed by atoms with Gasteiger partial charge in [-0.05, 0) is 63.5 Å². The van der Waals surface area contributed by atoms with Crippen molar-refractivity contribution in [1.29, 1.82) is 0 Å². The van der Waals surface area contributed by atoms with Crippen molar-refractivity contribution in [3.05, 3.63) is 59.7 Å². The summed E-state index contributed by atoms with van der Waals surface area (Å²) in [6, 6.07) is 10.6. The van der Waals surface area contributed by atoms with Crippen molar-refractivity contribution in [1.82, 2.24) is 4.98 Å². The zero-order valence-corrected chi connectivity index (χ0v) is 15.6. The molecule has 2 heterocycles. The minimum absolute atomic E-state index is 0.423. The van der Waals surface area contributed by atoms with E-state index in [0.29, 0.717) is 6.42 Å². The first kappa shape index (κ1) is 16.9. The Labute approximate surface area is 154 Å². The SMILES string of the molecule is C=C(C)[C@H](O)CC[C@]1(C)C=Cc2c(c(C)cc3c2[nH]c2ccccc23)O1. The Kier molecular flexibility index (Phi) is 3.92. The van der Waals surface area contributed by atoms with Gasteiger partial charge in [0.05, 0.1) is 11.6 Å². The van der Waals surface area contributed by atoms with Crippen LogP contribution in [0.2, 0.25) is 0 Å². The molecule has 0 radical (unpaired) electrons. The molecule has 0 saturated carbocycles. The maximum absolute atomic E-state index is 10.1. The Morgan fingerprint density at radius 3 is 2.85 bits per heavy atom. The summed E-state index contributed by atoms with van der Waals surface area (Å²) in [4.78, 5) is 3.54. The van der Waals surface area contributed by atoms with E-state index in [4.69, 9.17) is 4.74 Å². The van der Waals surface area contributed by atoms with Crippen LogP contribution in [0.1, 0.15) is 37.8 Å². The summed E-state index contributed by atoms with van der Waals surface area (Å²) in [7, 11) is 0. The van der Waals surface area contributed by atoms with Crippen molar-refractivity contribution in [3.63, 3.8) is 0 Å².